The number of benzene rings is 1. The Bertz CT molecular complexity index is 385. The Kier molecular flexibility index (Phi) is 5.65. The van der Waals surface area contributed by atoms with Gasteiger partial charge in [0.05, 0.1) is 12.7 Å². The highest BCUT2D eigenvalue weighted by Crippen LogP contribution is 2.16. The molecule has 0 aliphatic heterocycles. The van der Waals surface area contributed by atoms with E-state index in [1.54, 1.807) is 0 Å². The summed E-state index contributed by atoms with van der Waals surface area (Å²) in [6, 6.07) is 3.17. The molecule has 0 saturated carbocycles. The van der Waals surface area contributed by atoms with Gasteiger partial charge >= 0.3 is 0 Å². The van der Waals surface area contributed by atoms with Gasteiger partial charge in [-0.15, -0.1) is 0 Å². The zero-order chi connectivity index (χ0) is 13.7. The molecule has 3 nitrogen and oxygen atoms in total. The van der Waals surface area contributed by atoms with Crippen LogP contribution >= 0.6 is 0 Å². The van der Waals surface area contributed by atoms with Gasteiger partial charge in [-0.25, -0.2) is 8.78 Å². The number of aliphatic hydroxyl groups is 2. The fraction of sp³-hybridized carbons (Fsp3) is 0.538. The first-order valence-electron chi connectivity index (χ1n) is 5.93. The first-order valence-corrected chi connectivity index (χ1v) is 5.93. The van der Waals surface area contributed by atoms with Crippen molar-refractivity contribution in [3.05, 3.63) is 35.4 Å². The van der Waals surface area contributed by atoms with E-state index in [0.29, 0.717) is 5.56 Å². The van der Waals surface area contributed by atoms with E-state index >= 15 is 0 Å². The molecule has 1 rings (SSSR count). The van der Waals surface area contributed by atoms with Gasteiger partial charge < -0.3 is 15.5 Å². The lowest BCUT2D eigenvalue weighted by Crippen LogP contribution is -2.39. The highest BCUT2D eigenvalue weighted by Gasteiger charge is 2.15. The number of hydrogen-bond donors (Lipinski definition) is 3. The van der Waals surface area contributed by atoms with Crippen LogP contribution in [-0.2, 0) is 0 Å². The lowest BCUT2D eigenvalue weighted by atomic mass is 10.0. The average Bonchev–Trinajstić information content (AvgIpc) is 2.32. The van der Waals surface area contributed by atoms with E-state index in [4.69, 9.17) is 5.11 Å². The summed E-state index contributed by atoms with van der Waals surface area (Å²) >= 11 is 0. The van der Waals surface area contributed by atoms with Gasteiger partial charge in [-0.2, -0.15) is 0 Å². The number of rotatable bonds is 6. The maximum Gasteiger partial charge on any atom is 0.159 e. The van der Waals surface area contributed by atoms with Crippen molar-refractivity contribution in [1.29, 1.82) is 0 Å². The Morgan fingerprint density at radius 3 is 2.39 bits per heavy atom. The minimum atomic E-state index is -0.978. The molecule has 0 fully saturated rings. The third-order valence-electron chi connectivity index (χ3n) is 2.90. The molecule has 1 aromatic rings. The van der Waals surface area contributed by atoms with Gasteiger partial charge in [-0.05, 0) is 23.6 Å². The van der Waals surface area contributed by atoms with E-state index in [2.05, 4.69) is 5.32 Å². The maximum absolute atomic E-state index is 13.0. The molecule has 2 atom stereocenters. The van der Waals surface area contributed by atoms with Gasteiger partial charge in [-0.3, -0.25) is 0 Å². The molecule has 0 amide bonds. The summed E-state index contributed by atoms with van der Waals surface area (Å²) in [5.41, 5.74) is 0.307. The van der Waals surface area contributed by atoms with Crippen molar-refractivity contribution >= 4 is 0 Å². The Hall–Kier alpha value is -1.04. The lowest BCUT2D eigenvalue weighted by Gasteiger charge is -2.22. The molecule has 0 saturated heterocycles. The van der Waals surface area contributed by atoms with Crippen LogP contribution in [0.2, 0.25) is 0 Å². The molecule has 18 heavy (non-hydrogen) atoms. The minimum absolute atomic E-state index is 0.0395. The zero-order valence-electron chi connectivity index (χ0n) is 10.5. The predicted octanol–water partition coefficient (Wildman–Crippen LogP) is 1.60. The van der Waals surface area contributed by atoms with Gasteiger partial charge in [0.25, 0.3) is 0 Å². The highest BCUT2D eigenvalue weighted by atomic mass is 19.2. The molecule has 1 aromatic carbocycles. The quantitative estimate of drug-likeness (QED) is 0.727. The molecule has 1 unspecified atom stereocenters. The Morgan fingerprint density at radius 2 is 1.89 bits per heavy atom. The first kappa shape index (κ1) is 15.0. The van der Waals surface area contributed by atoms with Crippen LogP contribution in [0, 0.1) is 17.6 Å². The summed E-state index contributed by atoms with van der Waals surface area (Å²) < 4.78 is 25.7. The van der Waals surface area contributed by atoms with Gasteiger partial charge in [0.15, 0.2) is 11.6 Å². The van der Waals surface area contributed by atoms with Gasteiger partial charge in [-0.1, -0.05) is 19.9 Å². The van der Waals surface area contributed by atoms with E-state index in [1.165, 1.54) is 6.07 Å². The molecule has 0 radical (unpaired) electrons. The number of hydrogen-bond acceptors (Lipinski definition) is 3. The summed E-state index contributed by atoms with van der Waals surface area (Å²) in [6.07, 6.45) is -0.937. The number of nitrogens with one attached hydrogen (secondary N) is 1. The van der Waals surface area contributed by atoms with E-state index in [-0.39, 0.29) is 25.1 Å². The monoisotopic (exact) mass is 259 g/mol. The summed E-state index contributed by atoms with van der Waals surface area (Å²) in [5.74, 6) is -1.70. The predicted molar refractivity (Wildman–Crippen MR) is 65.0 cm³/mol. The van der Waals surface area contributed by atoms with Crippen molar-refractivity contribution in [2.45, 2.75) is 26.0 Å². The van der Waals surface area contributed by atoms with E-state index in [0.717, 1.165) is 12.1 Å². The van der Waals surface area contributed by atoms with E-state index in [9.17, 15) is 13.9 Å². The van der Waals surface area contributed by atoms with Crippen LogP contribution in [0.1, 0.15) is 25.5 Å². The molecule has 0 heterocycles. The highest BCUT2D eigenvalue weighted by molar-refractivity contribution is 5.20. The van der Waals surface area contributed by atoms with Crippen LogP contribution in [-0.4, -0.2) is 29.4 Å². The fourth-order valence-corrected chi connectivity index (χ4v) is 1.61. The smallest absolute Gasteiger partial charge is 0.159 e. The lowest BCUT2D eigenvalue weighted by molar-refractivity contribution is 0.148. The largest absolute Gasteiger partial charge is 0.395 e. The summed E-state index contributed by atoms with van der Waals surface area (Å²) in [7, 11) is 0. The molecule has 0 spiro atoms. The average molecular weight is 259 g/mol. The van der Waals surface area contributed by atoms with Crippen LogP contribution in [0.4, 0.5) is 8.78 Å². The van der Waals surface area contributed by atoms with Crippen molar-refractivity contribution in [2.24, 2.45) is 5.92 Å². The number of halogens is 2. The molecular formula is C13H19F2NO2. The standard InChI is InChI=1S/C13H19F2NO2/c1-8(2)12(7-17)16-6-13(18)9-3-4-10(14)11(15)5-9/h3-5,8,12-13,16-18H,6-7H2,1-2H3/t12-,13?/m1/s1. The molecule has 0 bridgehead atoms. The van der Waals surface area contributed by atoms with Crippen LogP contribution in [0.5, 0.6) is 0 Å². The molecule has 3 N–H and O–H groups in total. The second-order valence-corrected chi connectivity index (χ2v) is 4.63. The van der Waals surface area contributed by atoms with Crippen LogP contribution in [0.15, 0.2) is 18.2 Å². The van der Waals surface area contributed by atoms with Crippen LogP contribution in [0.3, 0.4) is 0 Å². The third kappa shape index (κ3) is 4.01. The van der Waals surface area contributed by atoms with Crippen molar-refractivity contribution in [2.75, 3.05) is 13.2 Å². The third-order valence-corrected chi connectivity index (χ3v) is 2.90. The van der Waals surface area contributed by atoms with Gasteiger partial charge in [0, 0.05) is 12.6 Å². The Labute approximate surface area is 105 Å². The maximum atomic E-state index is 13.0. The Morgan fingerprint density at radius 1 is 1.22 bits per heavy atom. The summed E-state index contributed by atoms with van der Waals surface area (Å²) in [4.78, 5) is 0. The summed E-state index contributed by atoms with van der Waals surface area (Å²) in [5, 5.41) is 21.9. The molecule has 5 heteroatoms. The zero-order valence-corrected chi connectivity index (χ0v) is 10.5. The first-order chi connectivity index (χ1) is 8.45. The molecule has 0 aliphatic rings. The Balaban J connectivity index is 2.59. The SMILES string of the molecule is CC(C)[C@@H](CO)NCC(O)c1ccc(F)c(F)c1. The van der Waals surface area contributed by atoms with Gasteiger partial charge in [0.2, 0.25) is 0 Å². The van der Waals surface area contributed by atoms with Gasteiger partial charge in [0.1, 0.15) is 0 Å². The van der Waals surface area contributed by atoms with Crippen molar-refractivity contribution in [1.82, 2.24) is 5.32 Å². The minimum Gasteiger partial charge on any atom is -0.395 e. The van der Waals surface area contributed by atoms with Crippen LogP contribution < -0.4 is 5.32 Å². The topological polar surface area (TPSA) is 52.5 Å². The van der Waals surface area contributed by atoms with Crippen molar-refractivity contribution in [3.8, 4) is 0 Å². The summed E-state index contributed by atoms with van der Waals surface area (Å²) in [6.45, 7) is 4.02. The molecular weight excluding hydrogens is 240 g/mol. The van der Waals surface area contributed by atoms with Crippen molar-refractivity contribution in [3.63, 3.8) is 0 Å². The molecule has 0 aromatic heterocycles. The second kappa shape index (κ2) is 6.78. The number of aliphatic hydroxyl groups excluding tert-OH is 2. The normalized spacial score (nSPS) is 14.8. The second-order valence-electron chi connectivity index (χ2n) is 4.63. The molecule has 102 valence electrons. The van der Waals surface area contributed by atoms with Crippen molar-refractivity contribution < 1.29 is 19.0 Å². The fourth-order valence-electron chi connectivity index (χ4n) is 1.61. The van der Waals surface area contributed by atoms with Crippen LogP contribution in [0.25, 0.3) is 0 Å². The molecule has 0 aliphatic carbocycles. The van der Waals surface area contributed by atoms with E-state index < -0.39 is 17.7 Å². The van der Waals surface area contributed by atoms with E-state index in [1.807, 2.05) is 13.8 Å².